The molecule has 3 heteroatoms. The number of allylic oxidation sites excluding steroid dienone is 1. The van der Waals surface area contributed by atoms with E-state index in [1.54, 1.807) is 0 Å². The highest BCUT2D eigenvalue weighted by molar-refractivity contribution is 5.99. The van der Waals surface area contributed by atoms with E-state index < -0.39 is 0 Å². The maximum absolute atomic E-state index is 11.4. The van der Waals surface area contributed by atoms with Gasteiger partial charge in [-0.3, -0.25) is 4.79 Å². The van der Waals surface area contributed by atoms with Crippen LogP contribution in [0.5, 0.6) is 0 Å². The lowest BCUT2D eigenvalue weighted by atomic mass is 9.91. The third kappa shape index (κ3) is 1.40. The molecule has 0 aromatic heterocycles. The second-order valence-electron chi connectivity index (χ2n) is 3.68. The molecule has 0 saturated heterocycles. The van der Waals surface area contributed by atoms with Crippen LogP contribution in [0.2, 0.25) is 0 Å². The fraction of sp³-hybridized carbons (Fsp3) is 0.364. The van der Waals surface area contributed by atoms with Crippen LogP contribution < -0.4 is 5.73 Å². The fourth-order valence-corrected chi connectivity index (χ4v) is 1.91. The van der Waals surface area contributed by atoms with Gasteiger partial charge in [-0.25, -0.2) is 0 Å². The Balaban J connectivity index is 2.20. The summed E-state index contributed by atoms with van der Waals surface area (Å²) in [6.07, 6.45) is 10.1. The van der Waals surface area contributed by atoms with Crippen molar-refractivity contribution in [1.29, 1.82) is 0 Å². The van der Waals surface area contributed by atoms with Crippen molar-refractivity contribution >= 4 is 5.78 Å². The number of fused-ring (bicyclic) bond motifs is 1. The Morgan fingerprint density at radius 3 is 3.07 bits per heavy atom. The molecule has 0 spiro atoms. The first-order valence-electron chi connectivity index (χ1n) is 4.76. The largest absolute Gasteiger partial charge is 0.373 e. The molecule has 0 radical (unpaired) electrons. The van der Waals surface area contributed by atoms with Gasteiger partial charge in [0.05, 0.1) is 12.6 Å². The minimum absolute atomic E-state index is 0.0163. The number of hydrogen-bond donors (Lipinski definition) is 1. The monoisotopic (exact) mass is 190 g/mol. The molecule has 2 atom stereocenters. The van der Waals surface area contributed by atoms with E-state index in [1.807, 2.05) is 25.4 Å². The number of rotatable bonds is 2. The number of Topliss-reactive ketones (excluding diaryl/α,β-unsaturated/α-hetero) is 1. The first-order valence-corrected chi connectivity index (χ1v) is 4.76. The summed E-state index contributed by atoms with van der Waals surface area (Å²) >= 11 is 0. The number of likely N-dealkylation sites (N-methyl/N-ethyl adjacent to an activating group) is 1. The average molecular weight is 190 g/mol. The van der Waals surface area contributed by atoms with Crippen molar-refractivity contribution in [3.8, 4) is 0 Å². The normalized spacial score (nSPS) is 29.0. The SMILES string of the molecule is CN1C=CC2C=C(C(=O)CN)C=CC21. The van der Waals surface area contributed by atoms with Gasteiger partial charge in [0.25, 0.3) is 0 Å². The van der Waals surface area contributed by atoms with Gasteiger partial charge in [-0.15, -0.1) is 0 Å². The average Bonchev–Trinajstić information content (AvgIpc) is 2.59. The molecule has 74 valence electrons. The molecule has 0 amide bonds. The predicted octanol–water partition coefficient (Wildman–Crippen LogP) is 0.454. The molecule has 0 fully saturated rings. The van der Waals surface area contributed by atoms with Crippen LogP contribution in [-0.2, 0) is 4.79 Å². The van der Waals surface area contributed by atoms with Gasteiger partial charge >= 0.3 is 0 Å². The predicted molar refractivity (Wildman–Crippen MR) is 55.5 cm³/mol. The molecular formula is C11H14N2O. The molecule has 3 nitrogen and oxygen atoms in total. The fourth-order valence-electron chi connectivity index (χ4n) is 1.91. The van der Waals surface area contributed by atoms with Gasteiger partial charge in [-0.2, -0.15) is 0 Å². The van der Waals surface area contributed by atoms with Crippen LogP contribution in [0.15, 0.2) is 36.1 Å². The molecule has 14 heavy (non-hydrogen) atoms. The van der Waals surface area contributed by atoms with E-state index >= 15 is 0 Å². The smallest absolute Gasteiger partial charge is 0.176 e. The van der Waals surface area contributed by atoms with Crippen molar-refractivity contribution in [2.75, 3.05) is 13.6 Å². The van der Waals surface area contributed by atoms with Gasteiger partial charge in [0.1, 0.15) is 0 Å². The van der Waals surface area contributed by atoms with Crippen LogP contribution in [-0.4, -0.2) is 30.3 Å². The molecule has 0 aromatic rings. The first kappa shape index (κ1) is 9.21. The number of hydrogen-bond acceptors (Lipinski definition) is 3. The van der Waals surface area contributed by atoms with Gasteiger partial charge < -0.3 is 10.6 Å². The molecule has 0 aromatic carbocycles. The quantitative estimate of drug-likeness (QED) is 0.688. The Kier molecular flexibility index (Phi) is 2.25. The van der Waals surface area contributed by atoms with Crippen LogP contribution in [0.25, 0.3) is 0 Å². The topological polar surface area (TPSA) is 46.3 Å². The minimum Gasteiger partial charge on any atom is -0.373 e. The molecule has 1 aliphatic heterocycles. The Morgan fingerprint density at radius 2 is 2.36 bits per heavy atom. The second kappa shape index (κ2) is 3.42. The minimum atomic E-state index is 0.0163. The van der Waals surface area contributed by atoms with Gasteiger partial charge in [-0.1, -0.05) is 24.3 Å². The van der Waals surface area contributed by atoms with E-state index in [0.29, 0.717) is 12.0 Å². The van der Waals surface area contributed by atoms with Crippen LogP contribution >= 0.6 is 0 Å². The maximum atomic E-state index is 11.4. The van der Waals surface area contributed by atoms with Crippen molar-refractivity contribution in [3.05, 3.63) is 36.1 Å². The molecule has 2 rings (SSSR count). The summed E-state index contributed by atoms with van der Waals surface area (Å²) in [6.45, 7) is 0.0904. The van der Waals surface area contributed by atoms with Crippen LogP contribution in [0, 0.1) is 5.92 Å². The van der Waals surface area contributed by atoms with Crippen molar-refractivity contribution < 1.29 is 4.79 Å². The van der Waals surface area contributed by atoms with Crippen molar-refractivity contribution in [2.24, 2.45) is 11.7 Å². The number of carbonyl (C=O) groups excluding carboxylic acids is 1. The van der Waals surface area contributed by atoms with Crippen molar-refractivity contribution in [3.63, 3.8) is 0 Å². The zero-order valence-electron chi connectivity index (χ0n) is 8.18. The van der Waals surface area contributed by atoms with Gasteiger partial charge in [0.15, 0.2) is 5.78 Å². The highest BCUT2D eigenvalue weighted by Gasteiger charge is 2.26. The molecule has 2 N–H and O–H groups in total. The van der Waals surface area contributed by atoms with Crippen LogP contribution in [0.4, 0.5) is 0 Å². The van der Waals surface area contributed by atoms with E-state index in [-0.39, 0.29) is 12.3 Å². The molecular weight excluding hydrogens is 176 g/mol. The third-order valence-corrected chi connectivity index (χ3v) is 2.76. The van der Waals surface area contributed by atoms with E-state index in [9.17, 15) is 4.79 Å². The van der Waals surface area contributed by atoms with Crippen LogP contribution in [0.1, 0.15) is 0 Å². The highest BCUT2D eigenvalue weighted by atomic mass is 16.1. The van der Waals surface area contributed by atoms with Crippen LogP contribution in [0.3, 0.4) is 0 Å². The van der Waals surface area contributed by atoms with E-state index in [4.69, 9.17) is 5.73 Å². The molecule has 2 aliphatic rings. The number of carbonyl (C=O) groups is 1. The summed E-state index contributed by atoms with van der Waals surface area (Å²) in [4.78, 5) is 13.5. The van der Waals surface area contributed by atoms with Gasteiger partial charge in [-0.05, 0) is 6.20 Å². The van der Waals surface area contributed by atoms with Gasteiger partial charge in [0.2, 0.25) is 0 Å². The summed E-state index contributed by atoms with van der Waals surface area (Å²) in [5.41, 5.74) is 6.06. The first-order chi connectivity index (χ1) is 6.72. The summed E-state index contributed by atoms with van der Waals surface area (Å²) in [7, 11) is 2.04. The number of nitrogens with zero attached hydrogens (tertiary/aromatic N) is 1. The summed E-state index contributed by atoms with van der Waals surface area (Å²) in [5, 5.41) is 0. The van der Waals surface area contributed by atoms with E-state index in [0.717, 1.165) is 5.57 Å². The number of ketones is 1. The van der Waals surface area contributed by atoms with E-state index in [1.165, 1.54) is 0 Å². The Labute approximate surface area is 83.6 Å². The lowest BCUT2D eigenvalue weighted by molar-refractivity contribution is -0.114. The zero-order valence-corrected chi connectivity index (χ0v) is 8.18. The second-order valence-corrected chi connectivity index (χ2v) is 3.68. The third-order valence-electron chi connectivity index (χ3n) is 2.76. The summed E-state index contributed by atoms with van der Waals surface area (Å²) < 4.78 is 0. The Bertz CT molecular complexity index is 341. The Morgan fingerprint density at radius 1 is 1.57 bits per heavy atom. The molecule has 0 saturated carbocycles. The van der Waals surface area contributed by atoms with E-state index in [2.05, 4.69) is 17.1 Å². The van der Waals surface area contributed by atoms with Gasteiger partial charge in [0, 0.05) is 18.5 Å². The van der Waals surface area contributed by atoms with Crippen molar-refractivity contribution in [1.82, 2.24) is 4.90 Å². The Hall–Kier alpha value is -1.35. The van der Waals surface area contributed by atoms with Crippen molar-refractivity contribution in [2.45, 2.75) is 6.04 Å². The molecule has 2 unspecified atom stereocenters. The maximum Gasteiger partial charge on any atom is 0.176 e. The molecule has 1 aliphatic carbocycles. The molecule has 1 heterocycles. The highest BCUT2D eigenvalue weighted by Crippen LogP contribution is 2.27. The zero-order chi connectivity index (χ0) is 10.1. The molecule has 0 bridgehead atoms. The lowest BCUT2D eigenvalue weighted by Crippen LogP contribution is -2.29. The standard InChI is InChI=1S/C11H14N2O/c1-13-5-4-8-6-9(11(14)7-12)2-3-10(8)13/h2-6,8,10H,7,12H2,1H3. The number of nitrogens with two attached hydrogens (primary N) is 1. The summed E-state index contributed by atoms with van der Waals surface area (Å²) in [6, 6.07) is 0.379. The summed E-state index contributed by atoms with van der Waals surface area (Å²) in [5.74, 6) is 0.346. The lowest BCUT2D eigenvalue weighted by Gasteiger charge is -2.24.